The molecule has 0 bridgehead atoms. The Kier molecular flexibility index (Phi) is 6.15. The third kappa shape index (κ3) is 4.25. The quantitative estimate of drug-likeness (QED) is 0.346. The SMILES string of the molecule is CCNc1cccc(Nc2nc(N[C@@H]3CCCC[C@@H]3N)[nH]c2C(N)=O)c1C=N. The molecule has 1 amide bonds. The molecule has 1 aromatic carbocycles. The van der Waals surface area contributed by atoms with E-state index in [4.69, 9.17) is 16.9 Å². The maximum Gasteiger partial charge on any atom is 0.269 e. The molecule has 1 saturated carbocycles. The van der Waals surface area contributed by atoms with Crippen molar-refractivity contribution in [1.82, 2.24) is 9.97 Å². The number of amides is 1. The Balaban J connectivity index is 1.87. The highest BCUT2D eigenvalue weighted by Crippen LogP contribution is 2.28. The number of benzene rings is 1. The second kappa shape index (κ2) is 8.75. The number of primary amides is 1. The molecule has 1 aliphatic rings. The van der Waals surface area contributed by atoms with Gasteiger partial charge < -0.3 is 37.8 Å². The van der Waals surface area contributed by atoms with Crippen molar-refractivity contribution in [3.63, 3.8) is 0 Å². The number of aromatic nitrogens is 2. The summed E-state index contributed by atoms with van der Waals surface area (Å²) in [6.45, 7) is 2.72. The minimum absolute atomic E-state index is 0.0496. The van der Waals surface area contributed by atoms with Gasteiger partial charge in [0, 0.05) is 36.1 Å². The van der Waals surface area contributed by atoms with Crippen molar-refractivity contribution in [2.24, 2.45) is 11.5 Å². The second-order valence-electron chi connectivity index (χ2n) is 6.94. The van der Waals surface area contributed by atoms with Crippen LogP contribution in [-0.4, -0.2) is 40.7 Å². The van der Waals surface area contributed by atoms with Crippen molar-refractivity contribution >= 4 is 35.3 Å². The fourth-order valence-electron chi connectivity index (χ4n) is 3.53. The number of aromatic amines is 1. The van der Waals surface area contributed by atoms with Crippen molar-refractivity contribution in [2.75, 3.05) is 22.5 Å². The van der Waals surface area contributed by atoms with E-state index >= 15 is 0 Å². The first-order valence-electron chi connectivity index (χ1n) is 9.59. The smallest absolute Gasteiger partial charge is 0.269 e. The predicted molar refractivity (Wildman–Crippen MR) is 113 cm³/mol. The molecule has 9 N–H and O–H groups in total. The van der Waals surface area contributed by atoms with E-state index < -0.39 is 5.91 Å². The fourth-order valence-corrected chi connectivity index (χ4v) is 3.53. The third-order valence-electron chi connectivity index (χ3n) is 4.96. The monoisotopic (exact) mass is 384 g/mol. The van der Waals surface area contributed by atoms with Gasteiger partial charge in [-0.3, -0.25) is 4.79 Å². The zero-order valence-electron chi connectivity index (χ0n) is 16.0. The molecule has 3 rings (SSSR count). The molecule has 150 valence electrons. The van der Waals surface area contributed by atoms with Gasteiger partial charge in [0.05, 0.1) is 5.69 Å². The molecule has 9 nitrogen and oxygen atoms in total. The van der Waals surface area contributed by atoms with Crippen LogP contribution in [0.15, 0.2) is 18.2 Å². The summed E-state index contributed by atoms with van der Waals surface area (Å²) in [5.41, 5.74) is 14.1. The van der Waals surface area contributed by atoms with Crippen LogP contribution in [0.4, 0.5) is 23.1 Å². The fraction of sp³-hybridized carbons (Fsp3) is 0.421. The van der Waals surface area contributed by atoms with Crippen molar-refractivity contribution < 1.29 is 4.79 Å². The highest BCUT2D eigenvalue weighted by molar-refractivity contribution is 5.99. The maximum absolute atomic E-state index is 11.9. The Morgan fingerprint density at radius 1 is 1.36 bits per heavy atom. The molecule has 0 spiro atoms. The molecule has 2 atom stereocenters. The van der Waals surface area contributed by atoms with Crippen molar-refractivity contribution in [3.8, 4) is 0 Å². The van der Waals surface area contributed by atoms with Crippen LogP contribution in [0.3, 0.4) is 0 Å². The topological polar surface area (TPSA) is 158 Å². The first kappa shape index (κ1) is 19.7. The summed E-state index contributed by atoms with van der Waals surface area (Å²) in [6.07, 6.45) is 5.42. The van der Waals surface area contributed by atoms with Crippen molar-refractivity contribution in [3.05, 3.63) is 29.5 Å². The zero-order chi connectivity index (χ0) is 20.1. The van der Waals surface area contributed by atoms with Gasteiger partial charge in [0.2, 0.25) is 5.95 Å². The molecular formula is C19H28N8O. The number of carbonyl (C=O) groups excluding carboxylic acids is 1. The van der Waals surface area contributed by atoms with Gasteiger partial charge in [-0.05, 0) is 31.9 Å². The predicted octanol–water partition coefficient (Wildman–Crippen LogP) is 2.36. The summed E-state index contributed by atoms with van der Waals surface area (Å²) in [5.74, 6) is 0.157. The van der Waals surface area contributed by atoms with Gasteiger partial charge in [0.15, 0.2) is 5.82 Å². The summed E-state index contributed by atoms with van der Waals surface area (Å²) < 4.78 is 0. The average Bonchev–Trinajstić information content (AvgIpc) is 3.07. The van der Waals surface area contributed by atoms with Gasteiger partial charge in [-0.2, -0.15) is 4.98 Å². The number of nitrogens with one attached hydrogen (secondary N) is 5. The van der Waals surface area contributed by atoms with Crippen LogP contribution in [0.5, 0.6) is 0 Å². The van der Waals surface area contributed by atoms with Crippen molar-refractivity contribution in [2.45, 2.75) is 44.7 Å². The first-order valence-corrected chi connectivity index (χ1v) is 9.59. The van der Waals surface area contributed by atoms with Crippen LogP contribution in [0.25, 0.3) is 0 Å². The van der Waals surface area contributed by atoms with E-state index in [-0.39, 0.29) is 17.8 Å². The first-order chi connectivity index (χ1) is 13.5. The summed E-state index contributed by atoms with van der Waals surface area (Å²) in [5, 5.41) is 17.4. The van der Waals surface area contributed by atoms with E-state index in [9.17, 15) is 4.79 Å². The lowest BCUT2D eigenvalue weighted by molar-refractivity contribution is 0.0997. The van der Waals surface area contributed by atoms with E-state index in [0.717, 1.165) is 37.9 Å². The average molecular weight is 384 g/mol. The molecular weight excluding hydrogens is 356 g/mol. The van der Waals surface area contributed by atoms with E-state index in [1.165, 1.54) is 6.21 Å². The normalized spacial score (nSPS) is 19.1. The van der Waals surface area contributed by atoms with Gasteiger partial charge in [0.25, 0.3) is 5.91 Å². The van der Waals surface area contributed by atoms with Crippen molar-refractivity contribution in [1.29, 1.82) is 5.41 Å². The molecule has 0 radical (unpaired) electrons. The number of imidazole rings is 1. The summed E-state index contributed by atoms with van der Waals surface area (Å²) in [7, 11) is 0. The minimum atomic E-state index is -0.616. The Labute approximate surface area is 164 Å². The molecule has 2 aromatic rings. The highest BCUT2D eigenvalue weighted by atomic mass is 16.1. The zero-order valence-corrected chi connectivity index (χ0v) is 16.0. The number of hydrogen-bond acceptors (Lipinski definition) is 7. The lowest BCUT2D eigenvalue weighted by atomic mass is 9.91. The van der Waals surface area contributed by atoms with Crippen LogP contribution in [0.2, 0.25) is 0 Å². The van der Waals surface area contributed by atoms with Crippen LogP contribution in [0, 0.1) is 5.41 Å². The standard InChI is InChI=1S/C19H28N8O/c1-2-23-13-8-5-9-14(11(13)10-20)24-18-16(17(22)28)26-19(27-18)25-15-7-4-3-6-12(15)21/h5,8-10,12,15,20,23-24H,2-4,6-7,21H2,1H3,(H2,22,28)(H2,25,26,27)/t12-,15+/m0/s1. The van der Waals surface area contributed by atoms with Crippen LogP contribution in [-0.2, 0) is 0 Å². The number of nitrogens with two attached hydrogens (primary N) is 2. The molecule has 1 heterocycles. The van der Waals surface area contributed by atoms with E-state index in [1.807, 2.05) is 25.1 Å². The number of H-pyrrole nitrogens is 1. The number of carbonyl (C=O) groups is 1. The lowest BCUT2D eigenvalue weighted by Gasteiger charge is -2.29. The molecule has 1 fully saturated rings. The van der Waals surface area contributed by atoms with Crippen LogP contribution in [0.1, 0.15) is 48.7 Å². The highest BCUT2D eigenvalue weighted by Gasteiger charge is 2.24. The van der Waals surface area contributed by atoms with Gasteiger partial charge in [-0.15, -0.1) is 0 Å². The molecule has 1 aromatic heterocycles. The van der Waals surface area contributed by atoms with Crippen LogP contribution >= 0.6 is 0 Å². The summed E-state index contributed by atoms with van der Waals surface area (Å²) in [4.78, 5) is 19.3. The number of anilines is 4. The van der Waals surface area contributed by atoms with Gasteiger partial charge in [-0.1, -0.05) is 18.9 Å². The molecule has 0 aliphatic heterocycles. The minimum Gasteiger partial charge on any atom is -0.385 e. The number of hydrogen-bond donors (Lipinski definition) is 7. The molecule has 1 aliphatic carbocycles. The Bertz CT molecular complexity index is 846. The Hall–Kier alpha value is -3.07. The Morgan fingerprint density at radius 2 is 2.11 bits per heavy atom. The third-order valence-corrected chi connectivity index (χ3v) is 4.96. The lowest BCUT2D eigenvalue weighted by Crippen LogP contribution is -2.42. The van der Waals surface area contributed by atoms with Gasteiger partial charge >= 0.3 is 0 Å². The molecule has 9 heteroatoms. The number of nitrogens with zero attached hydrogens (tertiary/aromatic N) is 1. The largest absolute Gasteiger partial charge is 0.385 e. The molecule has 0 saturated heterocycles. The summed E-state index contributed by atoms with van der Waals surface area (Å²) >= 11 is 0. The second-order valence-corrected chi connectivity index (χ2v) is 6.94. The van der Waals surface area contributed by atoms with E-state index in [1.54, 1.807) is 0 Å². The molecule has 0 unspecified atom stereocenters. The summed E-state index contributed by atoms with van der Waals surface area (Å²) in [6, 6.07) is 5.73. The van der Waals surface area contributed by atoms with Gasteiger partial charge in [0.1, 0.15) is 5.69 Å². The van der Waals surface area contributed by atoms with E-state index in [0.29, 0.717) is 23.0 Å². The van der Waals surface area contributed by atoms with E-state index in [2.05, 4.69) is 25.9 Å². The molecule has 28 heavy (non-hydrogen) atoms. The van der Waals surface area contributed by atoms with Gasteiger partial charge in [-0.25, -0.2) is 0 Å². The maximum atomic E-state index is 11.9. The van der Waals surface area contributed by atoms with Crippen LogP contribution < -0.4 is 27.4 Å². The number of rotatable bonds is 8. The Morgan fingerprint density at radius 3 is 2.79 bits per heavy atom.